The van der Waals surface area contributed by atoms with E-state index in [1.54, 1.807) is 13.2 Å². The Labute approximate surface area is 99.3 Å². The Morgan fingerprint density at radius 2 is 2.18 bits per heavy atom. The molecule has 1 N–H and O–H groups in total. The van der Waals surface area contributed by atoms with Gasteiger partial charge in [0.1, 0.15) is 5.75 Å². The van der Waals surface area contributed by atoms with Crippen molar-refractivity contribution in [2.24, 2.45) is 0 Å². The Hall–Kier alpha value is -2.10. The number of aromatic nitrogens is 2. The van der Waals surface area contributed by atoms with Crippen LogP contribution in [0.15, 0.2) is 35.3 Å². The molecule has 0 aliphatic carbocycles. The van der Waals surface area contributed by atoms with Crippen LogP contribution in [0, 0.1) is 0 Å². The van der Waals surface area contributed by atoms with Gasteiger partial charge in [-0.3, -0.25) is 0 Å². The Balaban J connectivity index is 2.59. The minimum atomic E-state index is -0.355. The zero-order valence-corrected chi connectivity index (χ0v) is 9.86. The van der Waals surface area contributed by atoms with E-state index < -0.39 is 0 Å². The van der Waals surface area contributed by atoms with Gasteiger partial charge in [-0.2, -0.15) is 0 Å². The van der Waals surface area contributed by atoms with Crippen molar-refractivity contribution in [2.75, 3.05) is 7.11 Å². The lowest BCUT2D eigenvalue weighted by Gasteiger charge is -2.09. The molecule has 17 heavy (non-hydrogen) atoms. The Morgan fingerprint density at radius 3 is 2.82 bits per heavy atom. The van der Waals surface area contributed by atoms with Crippen LogP contribution in [0.2, 0.25) is 0 Å². The summed E-state index contributed by atoms with van der Waals surface area (Å²) in [5.74, 6) is 0.740. The van der Waals surface area contributed by atoms with E-state index >= 15 is 0 Å². The third-order valence-electron chi connectivity index (χ3n) is 2.64. The first-order valence-corrected chi connectivity index (χ1v) is 5.47. The monoisotopic (exact) mass is 230 g/mol. The molecule has 0 aliphatic rings. The summed E-state index contributed by atoms with van der Waals surface area (Å²) >= 11 is 0. The van der Waals surface area contributed by atoms with Crippen molar-refractivity contribution in [3.8, 4) is 17.0 Å². The minimum absolute atomic E-state index is 0.355. The van der Waals surface area contributed by atoms with Gasteiger partial charge in [0, 0.05) is 11.8 Å². The number of methoxy groups -OCH3 is 1. The van der Waals surface area contributed by atoms with Crippen LogP contribution >= 0.6 is 0 Å². The molecule has 2 aromatic rings. The third-order valence-corrected chi connectivity index (χ3v) is 2.64. The molecule has 0 amide bonds. The summed E-state index contributed by atoms with van der Waals surface area (Å²) in [6.45, 7) is 2.08. The first kappa shape index (κ1) is 11.4. The van der Waals surface area contributed by atoms with Crippen LogP contribution < -0.4 is 10.4 Å². The minimum Gasteiger partial charge on any atom is -0.496 e. The number of nitrogens with one attached hydrogen (secondary N) is 1. The Morgan fingerprint density at radius 1 is 1.35 bits per heavy atom. The molecule has 0 aliphatic heterocycles. The van der Waals surface area contributed by atoms with Gasteiger partial charge in [0.2, 0.25) is 0 Å². The molecule has 0 atom stereocenters. The molecule has 0 saturated heterocycles. The number of hydrogen-bond acceptors (Lipinski definition) is 3. The van der Waals surface area contributed by atoms with Crippen LogP contribution in [0.4, 0.5) is 0 Å². The maximum absolute atomic E-state index is 11.2. The number of aryl methyl sites for hydroxylation is 1. The maximum Gasteiger partial charge on any atom is 0.345 e. The fraction of sp³-hybridized carbons (Fsp3) is 0.231. The SMILES string of the molecule is CCc1ccc(OC)c(-c2ccnc(=O)[nH]2)c1. The molecule has 0 bridgehead atoms. The van der Waals surface area contributed by atoms with Crippen LogP contribution in [-0.2, 0) is 6.42 Å². The van der Waals surface area contributed by atoms with Crippen molar-refractivity contribution in [3.05, 3.63) is 46.5 Å². The zero-order chi connectivity index (χ0) is 12.3. The van der Waals surface area contributed by atoms with E-state index in [1.165, 1.54) is 11.8 Å². The van der Waals surface area contributed by atoms with Gasteiger partial charge >= 0.3 is 5.69 Å². The molecule has 0 spiro atoms. The molecule has 0 radical (unpaired) electrons. The summed E-state index contributed by atoms with van der Waals surface area (Å²) in [5, 5.41) is 0. The number of ether oxygens (including phenoxy) is 1. The Bertz CT molecular complexity index is 576. The van der Waals surface area contributed by atoms with Crippen LogP contribution in [-0.4, -0.2) is 17.1 Å². The van der Waals surface area contributed by atoms with E-state index in [4.69, 9.17) is 4.74 Å². The van der Waals surface area contributed by atoms with Crippen LogP contribution in [0.1, 0.15) is 12.5 Å². The van der Waals surface area contributed by atoms with E-state index in [0.29, 0.717) is 0 Å². The predicted molar refractivity (Wildman–Crippen MR) is 66.2 cm³/mol. The predicted octanol–water partition coefficient (Wildman–Crippen LogP) is 2.01. The van der Waals surface area contributed by atoms with Crippen molar-refractivity contribution < 1.29 is 4.74 Å². The van der Waals surface area contributed by atoms with Gasteiger partial charge in [-0.1, -0.05) is 13.0 Å². The quantitative estimate of drug-likeness (QED) is 0.877. The average molecular weight is 230 g/mol. The molecule has 4 nitrogen and oxygen atoms in total. The first-order chi connectivity index (χ1) is 8.24. The molecule has 1 aromatic carbocycles. The molecule has 1 heterocycles. The van der Waals surface area contributed by atoms with Crippen molar-refractivity contribution in [2.45, 2.75) is 13.3 Å². The number of hydrogen-bond donors (Lipinski definition) is 1. The summed E-state index contributed by atoms with van der Waals surface area (Å²) in [7, 11) is 1.61. The van der Waals surface area contributed by atoms with E-state index in [-0.39, 0.29) is 5.69 Å². The highest BCUT2D eigenvalue weighted by molar-refractivity contribution is 5.67. The summed E-state index contributed by atoms with van der Waals surface area (Å²) < 4.78 is 5.30. The number of aromatic amines is 1. The lowest BCUT2D eigenvalue weighted by Crippen LogP contribution is -2.09. The molecular weight excluding hydrogens is 216 g/mol. The second kappa shape index (κ2) is 4.82. The van der Waals surface area contributed by atoms with Crippen molar-refractivity contribution in [3.63, 3.8) is 0 Å². The molecule has 2 rings (SSSR count). The molecule has 4 heteroatoms. The van der Waals surface area contributed by atoms with Gasteiger partial charge < -0.3 is 9.72 Å². The molecule has 0 fully saturated rings. The van der Waals surface area contributed by atoms with Crippen LogP contribution in [0.3, 0.4) is 0 Å². The fourth-order valence-electron chi connectivity index (χ4n) is 1.71. The molecular formula is C13H14N2O2. The number of rotatable bonds is 3. The molecule has 88 valence electrons. The van der Waals surface area contributed by atoms with E-state index in [2.05, 4.69) is 16.9 Å². The standard InChI is InChI=1S/C13H14N2O2/c1-3-9-4-5-12(17-2)10(8-9)11-6-7-14-13(16)15-11/h4-8H,3H2,1-2H3,(H,14,15,16). The van der Waals surface area contributed by atoms with Crippen molar-refractivity contribution >= 4 is 0 Å². The maximum atomic E-state index is 11.2. The Kier molecular flexibility index (Phi) is 3.23. The van der Waals surface area contributed by atoms with E-state index in [9.17, 15) is 4.79 Å². The first-order valence-electron chi connectivity index (χ1n) is 5.47. The highest BCUT2D eigenvalue weighted by atomic mass is 16.5. The summed E-state index contributed by atoms with van der Waals surface area (Å²) in [5.41, 5.74) is 2.44. The van der Waals surface area contributed by atoms with E-state index in [0.717, 1.165) is 23.4 Å². The summed E-state index contributed by atoms with van der Waals surface area (Å²) in [6.07, 6.45) is 2.43. The smallest absolute Gasteiger partial charge is 0.345 e. The lowest BCUT2D eigenvalue weighted by atomic mass is 10.1. The average Bonchev–Trinajstić information content (AvgIpc) is 2.38. The van der Waals surface area contributed by atoms with E-state index in [1.807, 2.05) is 18.2 Å². The van der Waals surface area contributed by atoms with Gasteiger partial charge in [-0.25, -0.2) is 9.78 Å². The van der Waals surface area contributed by atoms with Crippen LogP contribution in [0.5, 0.6) is 5.75 Å². The van der Waals surface area contributed by atoms with Gasteiger partial charge in [-0.05, 0) is 30.2 Å². The van der Waals surface area contributed by atoms with Gasteiger partial charge in [0.15, 0.2) is 0 Å². The fourth-order valence-corrected chi connectivity index (χ4v) is 1.71. The largest absolute Gasteiger partial charge is 0.496 e. The summed E-state index contributed by atoms with van der Waals surface area (Å²) in [6, 6.07) is 7.71. The summed E-state index contributed by atoms with van der Waals surface area (Å²) in [4.78, 5) is 17.5. The normalized spacial score (nSPS) is 10.2. The van der Waals surface area contributed by atoms with Gasteiger partial charge in [-0.15, -0.1) is 0 Å². The molecule has 0 saturated carbocycles. The topological polar surface area (TPSA) is 55.0 Å². The number of H-pyrrole nitrogens is 1. The number of nitrogens with zero attached hydrogens (tertiary/aromatic N) is 1. The zero-order valence-electron chi connectivity index (χ0n) is 9.86. The third kappa shape index (κ3) is 2.36. The molecule has 1 aromatic heterocycles. The highest BCUT2D eigenvalue weighted by Crippen LogP contribution is 2.28. The van der Waals surface area contributed by atoms with Gasteiger partial charge in [0.25, 0.3) is 0 Å². The van der Waals surface area contributed by atoms with Crippen molar-refractivity contribution in [1.29, 1.82) is 0 Å². The lowest BCUT2D eigenvalue weighted by molar-refractivity contribution is 0.416. The van der Waals surface area contributed by atoms with Gasteiger partial charge in [0.05, 0.1) is 12.8 Å². The molecule has 0 unspecified atom stereocenters. The van der Waals surface area contributed by atoms with Crippen LogP contribution in [0.25, 0.3) is 11.3 Å². The second-order valence-electron chi connectivity index (χ2n) is 3.68. The van der Waals surface area contributed by atoms with Crippen molar-refractivity contribution in [1.82, 2.24) is 9.97 Å². The highest BCUT2D eigenvalue weighted by Gasteiger charge is 2.07. The number of benzene rings is 1. The second-order valence-corrected chi connectivity index (χ2v) is 3.68.